The summed E-state index contributed by atoms with van der Waals surface area (Å²) < 4.78 is 3.85. The fourth-order valence-corrected chi connectivity index (χ4v) is 11.8. The van der Waals surface area contributed by atoms with Crippen molar-refractivity contribution in [3.05, 3.63) is 229 Å². The average Bonchev–Trinajstić information content (AvgIpc) is 3.91. The number of rotatable bonds is 6. The van der Waals surface area contributed by atoms with Crippen molar-refractivity contribution < 1.29 is 0 Å². The zero-order chi connectivity index (χ0) is 42.1. The van der Waals surface area contributed by atoms with Gasteiger partial charge in [0.25, 0.3) is 0 Å². The lowest BCUT2D eigenvalue weighted by Crippen LogP contribution is -1.95. The third-order valence-corrected chi connectivity index (χ3v) is 14.8. The summed E-state index contributed by atoms with van der Waals surface area (Å²) in [6, 6.07) is 78.6. The van der Waals surface area contributed by atoms with E-state index in [1.807, 2.05) is 11.3 Å². The molecular formula is C62H41NS. The lowest BCUT2D eigenvalue weighted by molar-refractivity contribution is 1.02. The van der Waals surface area contributed by atoms with Gasteiger partial charge in [0.05, 0.1) is 11.0 Å². The van der Waals surface area contributed by atoms with Gasteiger partial charge < -0.3 is 4.57 Å². The molecule has 0 atom stereocenters. The van der Waals surface area contributed by atoms with Crippen LogP contribution in [-0.4, -0.2) is 4.57 Å². The van der Waals surface area contributed by atoms with Crippen LogP contribution in [0.2, 0.25) is 0 Å². The van der Waals surface area contributed by atoms with Gasteiger partial charge in [-0.2, -0.15) is 0 Å². The fourth-order valence-electron chi connectivity index (χ4n) is 10.5. The van der Waals surface area contributed by atoms with Crippen LogP contribution in [0.1, 0.15) is 16.9 Å². The SMILES string of the molecule is C1=Cc2c(sc3c(-c4ccc5c(c4)c4cc(-c6ccc(-c7ccccc7)cc6)ccc4n5-c4ccc(-c5c6ccccc6c(-c6ccccc6)c6ccccc56)cc4)cccc23)CC1. The Balaban J connectivity index is 0.982. The number of benzene rings is 10. The quantitative estimate of drug-likeness (QED) is 0.147. The van der Waals surface area contributed by atoms with Crippen molar-refractivity contribution in [1.29, 1.82) is 0 Å². The minimum atomic E-state index is 1.12. The van der Waals surface area contributed by atoms with E-state index in [0.717, 1.165) is 18.5 Å². The number of aromatic nitrogens is 1. The summed E-state index contributed by atoms with van der Waals surface area (Å²) in [6.45, 7) is 0. The van der Waals surface area contributed by atoms with Crippen LogP contribution in [0.25, 0.3) is 121 Å². The summed E-state index contributed by atoms with van der Waals surface area (Å²) in [4.78, 5) is 1.50. The maximum Gasteiger partial charge on any atom is 0.0541 e. The zero-order valence-corrected chi connectivity index (χ0v) is 35.9. The first kappa shape index (κ1) is 36.8. The van der Waals surface area contributed by atoms with Gasteiger partial charge in [-0.25, -0.2) is 0 Å². The van der Waals surface area contributed by atoms with Gasteiger partial charge in [-0.3, -0.25) is 0 Å². The topological polar surface area (TPSA) is 4.93 Å². The Kier molecular flexibility index (Phi) is 8.60. The summed E-state index contributed by atoms with van der Waals surface area (Å²) in [6.07, 6.45) is 6.90. The molecular weight excluding hydrogens is 791 g/mol. The highest BCUT2D eigenvalue weighted by Crippen LogP contribution is 2.46. The molecule has 12 aromatic rings. The lowest BCUT2D eigenvalue weighted by Gasteiger charge is -2.18. The van der Waals surface area contributed by atoms with Crippen LogP contribution in [0.15, 0.2) is 218 Å². The molecule has 0 bridgehead atoms. The average molecular weight is 832 g/mol. The van der Waals surface area contributed by atoms with Crippen LogP contribution in [0, 0.1) is 0 Å². The number of hydrogen-bond acceptors (Lipinski definition) is 1. The maximum absolute atomic E-state index is 2.46. The van der Waals surface area contributed by atoms with Crippen molar-refractivity contribution in [2.45, 2.75) is 12.8 Å². The summed E-state index contributed by atoms with van der Waals surface area (Å²) >= 11 is 1.98. The number of allylic oxidation sites excluding steroid dienone is 1. The van der Waals surface area contributed by atoms with Gasteiger partial charge in [-0.1, -0.05) is 188 Å². The van der Waals surface area contributed by atoms with Crippen molar-refractivity contribution in [1.82, 2.24) is 4.57 Å². The van der Waals surface area contributed by atoms with E-state index >= 15 is 0 Å². The monoisotopic (exact) mass is 831 g/mol. The molecule has 0 spiro atoms. The van der Waals surface area contributed by atoms with Crippen molar-refractivity contribution in [2.75, 3.05) is 0 Å². The number of thiophene rings is 1. The minimum Gasteiger partial charge on any atom is -0.309 e. The van der Waals surface area contributed by atoms with Gasteiger partial charge in [-0.05, 0) is 132 Å². The summed E-state index contributed by atoms with van der Waals surface area (Å²) in [5.41, 5.74) is 17.4. The van der Waals surface area contributed by atoms with Crippen LogP contribution in [0.4, 0.5) is 0 Å². The van der Waals surface area contributed by atoms with Gasteiger partial charge >= 0.3 is 0 Å². The molecule has 0 saturated carbocycles. The van der Waals surface area contributed by atoms with Crippen molar-refractivity contribution in [3.63, 3.8) is 0 Å². The molecule has 0 aliphatic heterocycles. The standard InChI is InChI=1S/C62H41NS/c1-3-14-40(15-4-1)41-26-28-42(29-27-41)45-32-36-57-55(38-45)56-39-46(48-23-13-24-54-49-18-11-12-25-59(49)64-62(48)54)33-37-58(56)63(57)47-34-30-44(31-35-47)61-52-21-9-7-19-50(52)60(43-16-5-2-6-17-43)51-20-8-10-22-53(51)61/h1-11,13-24,26-39H,12,25H2. The van der Waals surface area contributed by atoms with E-state index in [9.17, 15) is 0 Å². The Hall–Kier alpha value is -7.78. The molecule has 1 aliphatic carbocycles. The van der Waals surface area contributed by atoms with Gasteiger partial charge in [0.15, 0.2) is 0 Å². The van der Waals surface area contributed by atoms with Crippen LogP contribution in [0.3, 0.4) is 0 Å². The van der Waals surface area contributed by atoms with Crippen LogP contribution in [0.5, 0.6) is 0 Å². The largest absolute Gasteiger partial charge is 0.309 e. The highest BCUT2D eigenvalue weighted by Gasteiger charge is 2.20. The Bertz CT molecular complexity index is 3740. The first-order valence-electron chi connectivity index (χ1n) is 22.3. The molecule has 64 heavy (non-hydrogen) atoms. The first-order valence-corrected chi connectivity index (χ1v) is 23.1. The third kappa shape index (κ3) is 5.91. The van der Waals surface area contributed by atoms with Crippen molar-refractivity contribution >= 4 is 70.8 Å². The second-order valence-corrected chi connectivity index (χ2v) is 18.2. The summed E-state index contributed by atoms with van der Waals surface area (Å²) in [5, 5.41) is 8.94. The molecule has 0 N–H and O–H groups in total. The van der Waals surface area contributed by atoms with Crippen LogP contribution >= 0.6 is 11.3 Å². The van der Waals surface area contributed by atoms with E-state index in [4.69, 9.17) is 0 Å². The molecule has 13 rings (SSSR count). The molecule has 0 saturated heterocycles. The Morgan fingerprint density at radius 3 is 1.45 bits per heavy atom. The van der Waals surface area contributed by atoms with E-state index in [0.29, 0.717) is 0 Å². The molecule has 0 fully saturated rings. The molecule has 0 radical (unpaired) electrons. The van der Waals surface area contributed by atoms with E-state index < -0.39 is 0 Å². The van der Waals surface area contributed by atoms with Crippen LogP contribution in [-0.2, 0) is 6.42 Å². The Labute approximate surface area is 376 Å². The highest BCUT2D eigenvalue weighted by molar-refractivity contribution is 7.20. The normalized spacial score (nSPS) is 12.5. The molecule has 2 heteroatoms. The highest BCUT2D eigenvalue weighted by atomic mass is 32.1. The van der Waals surface area contributed by atoms with Gasteiger partial charge in [0.1, 0.15) is 0 Å². The maximum atomic E-state index is 2.46. The summed E-state index contributed by atoms with van der Waals surface area (Å²) in [5.74, 6) is 0. The van der Waals surface area contributed by atoms with Crippen molar-refractivity contribution in [3.8, 4) is 61.3 Å². The van der Waals surface area contributed by atoms with Crippen LogP contribution < -0.4 is 0 Å². The number of nitrogens with zero attached hydrogens (tertiary/aromatic N) is 1. The zero-order valence-electron chi connectivity index (χ0n) is 35.1. The Morgan fingerprint density at radius 1 is 0.359 bits per heavy atom. The second-order valence-electron chi connectivity index (χ2n) is 17.1. The van der Waals surface area contributed by atoms with E-state index in [-0.39, 0.29) is 0 Å². The number of aryl methyl sites for hydroxylation is 1. The molecule has 2 heterocycles. The number of hydrogen-bond donors (Lipinski definition) is 0. The molecule has 10 aromatic carbocycles. The van der Waals surface area contributed by atoms with Gasteiger partial charge in [0.2, 0.25) is 0 Å². The summed E-state index contributed by atoms with van der Waals surface area (Å²) in [7, 11) is 0. The van der Waals surface area contributed by atoms with E-state index in [1.165, 1.54) is 120 Å². The minimum absolute atomic E-state index is 1.12. The Morgan fingerprint density at radius 2 is 0.828 bits per heavy atom. The van der Waals surface area contributed by atoms with E-state index in [1.54, 1.807) is 0 Å². The molecule has 1 aliphatic rings. The molecule has 300 valence electrons. The molecule has 1 nitrogen and oxygen atoms in total. The second kappa shape index (κ2) is 14.9. The predicted molar refractivity (Wildman–Crippen MR) is 276 cm³/mol. The first-order chi connectivity index (χ1) is 31.7. The van der Waals surface area contributed by atoms with Gasteiger partial charge in [-0.15, -0.1) is 11.3 Å². The molecule has 0 unspecified atom stereocenters. The van der Waals surface area contributed by atoms with Gasteiger partial charge in [0, 0.05) is 31.4 Å². The fraction of sp³-hybridized carbons (Fsp3) is 0.0323. The van der Waals surface area contributed by atoms with Crippen molar-refractivity contribution in [2.24, 2.45) is 0 Å². The third-order valence-electron chi connectivity index (χ3n) is 13.5. The molecule has 0 amide bonds. The smallest absolute Gasteiger partial charge is 0.0541 e. The predicted octanol–water partition coefficient (Wildman–Crippen LogP) is 17.6. The molecule has 2 aromatic heterocycles. The van der Waals surface area contributed by atoms with E-state index in [2.05, 4.69) is 229 Å². The number of fused-ring (bicyclic) bond motifs is 8. The lowest BCUT2D eigenvalue weighted by atomic mass is 9.86.